The molecule has 2 aromatic rings. The van der Waals surface area contributed by atoms with Crippen LogP contribution >= 0.6 is 0 Å². The summed E-state index contributed by atoms with van der Waals surface area (Å²) in [4.78, 5) is 36.4. The van der Waals surface area contributed by atoms with Crippen LogP contribution in [0.4, 0.5) is 0 Å². The highest BCUT2D eigenvalue weighted by atomic mass is 16.5. The Morgan fingerprint density at radius 3 is 2.37 bits per heavy atom. The summed E-state index contributed by atoms with van der Waals surface area (Å²) in [5.74, 6) is -1.10. The third-order valence-electron chi connectivity index (χ3n) is 4.30. The second kappa shape index (κ2) is 12.3. The first-order valence-corrected chi connectivity index (χ1v) is 10.0. The van der Waals surface area contributed by atoms with E-state index in [2.05, 4.69) is 10.6 Å². The van der Waals surface area contributed by atoms with Crippen LogP contribution in [0.1, 0.15) is 48.7 Å². The highest BCUT2D eigenvalue weighted by Crippen LogP contribution is 2.18. The fourth-order valence-corrected chi connectivity index (χ4v) is 2.91. The van der Waals surface area contributed by atoms with Crippen molar-refractivity contribution in [3.05, 3.63) is 65.7 Å². The molecule has 0 aliphatic heterocycles. The highest BCUT2D eigenvalue weighted by molar-refractivity contribution is 5.98. The summed E-state index contributed by atoms with van der Waals surface area (Å²) in [5, 5.41) is 5.36. The summed E-state index contributed by atoms with van der Waals surface area (Å²) >= 11 is 0. The number of nitrogens with one attached hydrogen (secondary N) is 2. The lowest BCUT2D eigenvalue weighted by Gasteiger charge is -2.18. The Bertz CT molecular complexity index is 838. The molecule has 2 aromatic carbocycles. The zero-order valence-corrected chi connectivity index (χ0v) is 17.4. The largest absolute Gasteiger partial charge is 0.493 e. The lowest BCUT2D eigenvalue weighted by atomic mass is 10.0. The predicted octanol–water partition coefficient (Wildman–Crippen LogP) is 3.02. The minimum absolute atomic E-state index is 0.142. The van der Waals surface area contributed by atoms with Gasteiger partial charge in [0.1, 0.15) is 12.3 Å². The van der Waals surface area contributed by atoms with Crippen LogP contribution < -0.4 is 15.4 Å². The van der Waals surface area contributed by atoms with Crippen molar-refractivity contribution in [3.8, 4) is 5.75 Å². The van der Waals surface area contributed by atoms with E-state index in [9.17, 15) is 14.4 Å². The first-order valence-electron chi connectivity index (χ1n) is 10.0. The highest BCUT2D eigenvalue weighted by Gasteiger charge is 2.16. The molecule has 0 heterocycles. The molecule has 7 heteroatoms. The van der Waals surface area contributed by atoms with Crippen molar-refractivity contribution in [3.63, 3.8) is 0 Å². The standard InChI is InChI=1S/C23H28N2O5/c1-3-10-19(17-11-6-5-7-12-17)25-21(26)16-30-22(27)15-24-23(28)18-13-8-9-14-20(18)29-4-2/h5-9,11-14,19H,3-4,10,15-16H2,1-2H3,(H,24,28)(H,25,26). The van der Waals surface area contributed by atoms with Gasteiger partial charge in [-0.2, -0.15) is 0 Å². The number of amides is 2. The van der Waals surface area contributed by atoms with E-state index in [4.69, 9.17) is 9.47 Å². The van der Waals surface area contributed by atoms with Crippen LogP contribution in [-0.2, 0) is 14.3 Å². The van der Waals surface area contributed by atoms with Gasteiger partial charge in [0.15, 0.2) is 6.61 Å². The van der Waals surface area contributed by atoms with Gasteiger partial charge in [0.05, 0.1) is 18.2 Å². The molecule has 160 valence electrons. The number of carbonyl (C=O) groups excluding carboxylic acids is 3. The molecule has 2 N–H and O–H groups in total. The average Bonchev–Trinajstić information content (AvgIpc) is 2.77. The molecule has 1 atom stereocenters. The maximum Gasteiger partial charge on any atom is 0.325 e. The van der Waals surface area contributed by atoms with Crippen LogP contribution in [-0.4, -0.2) is 37.5 Å². The van der Waals surface area contributed by atoms with E-state index < -0.39 is 24.4 Å². The van der Waals surface area contributed by atoms with Crippen LogP contribution in [0.25, 0.3) is 0 Å². The molecular formula is C23H28N2O5. The van der Waals surface area contributed by atoms with Crippen molar-refractivity contribution in [1.82, 2.24) is 10.6 Å². The Morgan fingerprint density at radius 2 is 1.67 bits per heavy atom. The average molecular weight is 412 g/mol. The van der Waals surface area contributed by atoms with E-state index in [1.165, 1.54) is 0 Å². The topological polar surface area (TPSA) is 93.7 Å². The molecule has 0 bridgehead atoms. The minimum atomic E-state index is -0.695. The number of carbonyl (C=O) groups is 3. The molecule has 0 aromatic heterocycles. The van der Waals surface area contributed by atoms with E-state index in [1.54, 1.807) is 24.3 Å². The van der Waals surface area contributed by atoms with Gasteiger partial charge in [-0.05, 0) is 31.0 Å². The first kappa shape index (κ1) is 22.9. The predicted molar refractivity (Wildman–Crippen MR) is 113 cm³/mol. The Morgan fingerprint density at radius 1 is 0.967 bits per heavy atom. The number of rotatable bonds is 11. The number of ether oxygens (including phenoxy) is 2. The maximum absolute atomic E-state index is 12.3. The fraction of sp³-hybridized carbons (Fsp3) is 0.348. The van der Waals surface area contributed by atoms with E-state index in [0.717, 1.165) is 18.4 Å². The normalized spacial score (nSPS) is 11.3. The van der Waals surface area contributed by atoms with Gasteiger partial charge in [0.25, 0.3) is 11.8 Å². The Labute approximate surface area is 176 Å². The van der Waals surface area contributed by atoms with Crippen molar-refractivity contribution < 1.29 is 23.9 Å². The van der Waals surface area contributed by atoms with E-state index >= 15 is 0 Å². The van der Waals surface area contributed by atoms with Crippen molar-refractivity contribution in [2.75, 3.05) is 19.8 Å². The molecule has 1 unspecified atom stereocenters. The van der Waals surface area contributed by atoms with Gasteiger partial charge in [0.2, 0.25) is 0 Å². The van der Waals surface area contributed by atoms with Crippen LogP contribution in [0.3, 0.4) is 0 Å². The van der Waals surface area contributed by atoms with Gasteiger partial charge < -0.3 is 20.1 Å². The van der Waals surface area contributed by atoms with Crippen molar-refractivity contribution in [1.29, 1.82) is 0 Å². The van der Waals surface area contributed by atoms with Gasteiger partial charge in [0, 0.05) is 0 Å². The zero-order valence-electron chi connectivity index (χ0n) is 17.4. The third-order valence-corrected chi connectivity index (χ3v) is 4.30. The number of benzene rings is 2. The molecule has 0 fully saturated rings. The van der Waals surface area contributed by atoms with Crippen molar-refractivity contribution in [2.45, 2.75) is 32.7 Å². The van der Waals surface area contributed by atoms with Gasteiger partial charge in [-0.15, -0.1) is 0 Å². The summed E-state index contributed by atoms with van der Waals surface area (Å²) in [6.45, 7) is 3.53. The molecule has 0 saturated carbocycles. The quantitative estimate of drug-likeness (QED) is 0.554. The lowest BCUT2D eigenvalue weighted by molar-refractivity contribution is -0.147. The molecule has 30 heavy (non-hydrogen) atoms. The molecular weight excluding hydrogens is 384 g/mol. The van der Waals surface area contributed by atoms with E-state index in [-0.39, 0.29) is 12.6 Å². The summed E-state index contributed by atoms with van der Waals surface area (Å²) in [6, 6.07) is 16.2. The first-order chi connectivity index (χ1) is 14.5. The summed E-state index contributed by atoms with van der Waals surface area (Å²) in [5.41, 5.74) is 1.33. The van der Waals surface area contributed by atoms with E-state index in [0.29, 0.717) is 17.9 Å². The van der Waals surface area contributed by atoms with Crippen molar-refractivity contribution >= 4 is 17.8 Å². The van der Waals surface area contributed by atoms with Gasteiger partial charge in [-0.3, -0.25) is 14.4 Å². The number of para-hydroxylation sites is 1. The third kappa shape index (κ3) is 7.24. The van der Waals surface area contributed by atoms with Crippen LogP contribution in [0.2, 0.25) is 0 Å². The van der Waals surface area contributed by atoms with Gasteiger partial charge in [-0.1, -0.05) is 55.8 Å². The summed E-state index contributed by atoms with van der Waals surface area (Å²) in [7, 11) is 0. The lowest BCUT2D eigenvalue weighted by Crippen LogP contribution is -2.35. The molecule has 0 saturated heterocycles. The Balaban J connectivity index is 1.80. The molecule has 0 aliphatic rings. The van der Waals surface area contributed by atoms with Crippen molar-refractivity contribution in [2.24, 2.45) is 0 Å². The van der Waals surface area contributed by atoms with E-state index in [1.807, 2.05) is 44.2 Å². The summed E-state index contributed by atoms with van der Waals surface area (Å²) in [6.07, 6.45) is 1.67. The van der Waals surface area contributed by atoms with Gasteiger partial charge >= 0.3 is 5.97 Å². The Hall–Kier alpha value is -3.35. The molecule has 0 aliphatic carbocycles. The summed E-state index contributed by atoms with van der Waals surface area (Å²) < 4.78 is 10.4. The minimum Gasteiger partial charge on any atom is -0.493 e. The molecule has 0 radical (unpaired) electrons. The monoisotopic (exact) mass is 412 g/mol. The second-order valence-corrected chi connectivity index (χ2v) is 6.59. The fourth-order valence-electron chi connectivity index (χ4n) is 2.91. The molecule has 0 spiro atoms. The molecule has 7 nitrogen and oxygen atoms in total. The SMILES string of the molecule is CCCC(NC(=O)COC(=O)CNC(=O)c1ccccc1OCC)c1ccccc1. The molecule has 2 rings (SSSR count). The second-order valence-electron chi connectivity index (χ2n) is 6.59. The number of esters is 1. The number of hydrogen-bond acceptors (Lipinski definition) is 5. The van der Waals surface area contributed by atoms with Crippen LogP contribution in [0, 0.1) is 0 Å². The zero-order chi connectivity index (χ0) is 21.8. The Kier molecular flexibility index (Phi) is 9.37. The van der Waals surface area contributed by atoms with Crippen LogP contribution in [0.5, 0.6) is 5.75 Å². The van der Waals surface area contributed by atoms with Crippen LogP contribution in [0.15, 0.2) is 54.6 Å². The maximum atomic E-state index is 12.3. The molecule has 2 amide bonds. The number of hydrogen-bond donors (Lipinski definition) is 2. The smallest absolute Gasteiger partial charge is 0.325 e. The van der Waals surface area contributed by atoms with Gasteiger partial charge in [-0.25, -0.2) is 0 Å².